The second-order valence-electron chi connectivity index (χ2n) is 7.06. The van der Waals surface area contributed by atoms with Gasteiger partial charge >= 0.3 is 0 Å². The predicted octanol–water partition coefficient (Wildman–Crippen LogP) is 3.16. The lowest BCUT2D eigenvalue weighted by Crippen LogP contribution is -2.37. The first-order valence-corrected chi connectivity index (χ1v) is 9.78. The van der Waals surface area contributed by atoms with Crippen LogP contribution in [0.4, 0.5) is 11.4 Å². The van der Waals surface area contributed by atoms with Crippen molar-refractivity contribution in [2.24, 2.45) is 0 Å². The number of hydrogen-bond donors (Lipinski definition) is 2. The van der Waals surface area contributed by atoms with Crippen molar-refractivity contribution in [1.29, 1.82) is 0 Å². The second-order valence-corrected chi connectivity index (χ2v) is 7.06. The fraction of sp³-hybridized carbons (Fsp3) is 0.650. The molecule has 2 fully saturated rings. The van der Waals surface area contributed by atoms with Crippen LogP contribution in [0, 0.1) is 0 Å². The number of benzene rings is 1. The highest BCUT2D eigenvalue weighted by Gasteiger charge is 2.16. The van der Waals surface area contributed by atoms with Gasteiger partial charge in [-0.05, 0) is 25.0 Å². The number of morpholine rings is 1. The Bertz CT molecular complexity index is 535. The zero-order valence-electron chi connectivity index (χ0n) is 15.1. The first-order chi connectivity index (χ1) is 12.3. The van der Waals surface area contributed by atoms with E-state index in [1.54, 1.807) is 0 Å². The third-order valence-corrected chi connectivity index (χ3v) is 5.17. The maximum absolute atomic E-state index is 12.4. The molecule has 3 rings (SSSR count). The van der Waals surface area contributed by atoms with Gasteiger partial charge in [-0.3, -0.25) is 4.79 Å². The SMILES string of the molecule is O=C(CCNC1CCCCCC1)Nc1ccccc1N1CCOCC1. The summed E-state index contributed by atoms with van der Waals surface area (Å²) in [6.07, 6.45) is 8.37. The maximum atomic E-state index is 12.4. The Balaban J connectivity index is 1.47. The lowest BCUT2D eigenvalue weighted by atomic mass is 10.1. The van der Waals surface area contributed by atoms with Gasteiger partial charge in [-0.15, -0.1) is 0 Å². The van der Waals surface area contributed by atoms with Crippen molar-refractivity contribution in [2.75, 3.05) is 43.1 Å². The van der Waals surface area contributed by atoms with E-state index in [-0.39, 0.29) is 5.91 Å². The Morgan fingerprint density at radius 1 is 1.08 bits per heavy atom. The van der Waals surface area contributed by atoms with E-state index in [9.17, 15) is 4.79 Å². The standard InChI is InChI=1S/C20H31N3O2/c24-20(11-12-21-17-7-3-1-2-4-8-17)22-18-9-5-6-10-19(18)23-13-15-25-16-14-23/h5-6,9-10,17,21H,1-4,7-8,11-16H2,(H,22,24). The zero-order chi connectivity index (χ0) is 17.3. The number of ether oxygens (including phenoxy) is 1. The number of hydrogen-bond acceptors (Lipinski definition) is 4. The summed E-state index contributed by atoms with van der Waals surface area (Å²) in [6.45, 7) is 3.99. The average Bonchev–Trinajstić information content (AvgIpc) is 2.92. The van der Waals surface area contributed by atoms with Crippen molar-refractivity contribution in [3.63, 3.8) is 0 Å². The Hall–Kier alpha value is -1.59. The van der Waals surface area contributed by atoms with Crippen LogP contribution in [0.3, 0.4) is 0 Å². The number of carbonyl (C=O) groups is 1. The van der Waals surface area contributed by atoms with Crippen LogP contribution >= 0.6 is 0 Å². The molecule has 1 aromatic rings. The van der Waals surface area contributed by atoms with E-state index >= 15 is 0 Å². The number of amides is 1. The molecule has 1 aliphatic carbocycles. The molecule has 2 N–H and O–H groups in total. The van der Waals surface area contributed by atoms with Crippen LogP contribution in [0.1, 0.15) is 44.9 Å². The van der Waals surface area contributed by atoms with Crippen molar-refractivity contribution in [3.8, 4) is 0 Å². The van der Waals surface area contributed by atoms with Crippen LogP contribution in [-0.2, 0) is 9.53 Å². The van der Waals surface area contributed by atoms with Gasteiger partial charge in [0.05, 0.1) is 24.6 Å². The molecule has 2 aliphatic rings. The van der Waals surface area contributed by atoms with Crippen molar-refractivity contribution in [2.45, 2.75) is 51.0 Å². The van der Waals surface area contributed by atoms with Gasteiger partial charge in [-0.2, -0.15) is 0 Å². The molecule has 5 heteroatoms. The molecule has 0 spiro atoms. The highest BCUT2D eigenvalue weighted by molar-refractivity contribution is 5.94. The zero-order valence-corrected chi connectivity index (χ0v) is 15.1. The van der Waals surface area contributed by atoms with E-state index < -0.39 is 0 Å². The number of carbonyl (C=O) groups excluding carboxylic acids is 1. The highest BCUT2D eigenvalue weighted by atomic mass is 16.5. The molecule has 1 amide bonds. The predicted molar refractivity (Wildman–Crippen MR) is 102 cm³/mol. The minimum absolute atomic E-state index is 0.0850. The number of rotatable bonds is 6. The van der Waals surface area contributed by atoms with E-state index in [4.69, 9.17) is 4.74 Å². The fourth-order valence-corrected chi connectivity index (χ4v) is 3.75. The van der Waals surface area contributed by atoms with E-state index in [1.165, 1.54) is 38.5 Å². The molecule has 0 atom stereocenters. The molecule has 5 nitrogen and oxygen atoms in total. The Labute approximate surface area is 151 Å². The van der Waals surface area contributed by atoms with Crippen LogP contribution in [0.15, 0.2) is 24.3 Å². The number of anilines is 2. The van der Waals surface area contributed by atoms with Crippen molar-refractivity contribution in [3.05, 3.63) is 24.3 Å². The van der Waals surface area contributed by atoms with E-state index in [0.29, 0.717) is 12.5 Å². The number of para-hydroxylation sites is 2. The molecule has 1 heterocycles. The Morgan fingerprint density at radius 3 is 2.56 bits per heavy atom. The summed E-state index contributed by atoms with van der Waals surface area (Å²) >= 11 is 0. The topological polar surface area (TPSA) is 53.6 Å². The normalized spacial score (nSPS) is 19.4. The second kappa shape index (κ2) is 9.78. The number of nitrogens with zero attached hydrogens (tertiary/aromatic N) is 1. The van der Waals surface area contributed by atoms with Crippen molar-refractivity contribution < 1.29 is 9.53 Å². The summed E-state index contributed by atoms with van der Waals surface area (Å²) in [6, 6.07) is 8.65. The Morgan fingerprint density at radius 2 is 1.80 bits per heavy atom. The van der Waals surface area contributed by atoms with Crippen molar-refractivity contribution >= 4 is 17.3 Å². The molecule has 0 radical (unpaired) electrons. The van der Waals surface area contributed by atoms with Gasteiger partial charge in [0.15, 0.2) is 0 Å². The van der Waals surface area contributed by atoms with Gasteiger partial charge in [0, 0.05) is 32.1 Å². The van der Waals surface area contributed by atoms with Gasteiger partial charge < -0.3 is 20.3 Å². The summed E-state index contributed by atoms with van der Waals surface area (Å²) in [7, 11) is 0. The summed E-state index contributed by atoms with van der Waals surface area (Å²) in [5.41, 5.74) is 2.00. The molecular weight excluding hydrogens is 314 g/mol. The fourth-order valence-electron chi connectivity index (χ4n) is 3.75. The first-order valence-electron chi connectivity index (χ1n) is 9.78. The average molecular weight is 345 g/mol. The molecule has 0 bridgehead atoms. The van der Waals surface area contributed by atoms with E-state index in [2.05, 4.69) is 21.6 Å². The molecular formula is C20H31N3O2. The first kappa shape index (κ1) is 18.2. The van der Waals surface area contributed by atoms with Gasteiger partial charge in [-0.25, -0.2) is 0 Å². The molecule has 138 valence electrons. The lowest BCUT2D eigenvalue weighted by Gasteiger charge is -2.30. The summed E-state index contributed by atoms with van der Waals surface area (Å²) in [5, 5.41) is 6.66. The summed E-state index contributed by atoms with van der Waals surface area (Å²) in [5.74, 6) is 0.0850. The summed E-state index contributed by atoms with van der Waals surface area (Å²) in [4.78, 5) is 14.6. The van der Waals surface area contributed by atoms with Crippen LogP contribution in [0.5, 0.6) is 0 Å². The minimum Gasteiger partial charge on any atom is -0.378 e. The molecule has 1 aliphatic heterocycles. The monoisotopic (exact) mass is 345 g/mol. The molecule has 1 aromatic carbocycles. The van der Waals surface area contributed by atoms with Crippen LogP contribution < -0.4 is 15.5 Å². The van der Waals surface area contributed by atoms with Crippen LogP contribution in [0.25, 0.3) is 0 Å². The van der Waals surface area contributed by atoms with Crippen LogP contribution in [-0.4, -0.2) is 44.8 Å². The maximum Gasteiger partial charge on any atom is 0.225 e. The molecule has 1 saturated carbocycles. The van der Waals surface area contributed by atoms with E-state index in [0.717, 1.165) is 44.2 Å². The van der Waals surface area contributed by atoms with Crippen molar-refractivity contribution in [1.82, 2.24) is 5.32 Å². The largest absolute Gasteiger partial charge is 0.378 e. The lowest BCUT2D eigenvalue weighted by molar-refractivity contribution is -0.116. The third kappa shape index (κ3) is 5.72. The van der Waals surface area contributed by atoms with Crippen LogP contribution in [0.2, 0.25) is 0 Å². The third-order valence-electron chi connectivity index (χ3n) is 5.17. The van der Waals surface area contributed by atoms with Gasteiger partial charge in [0.2, 0.25) is 5.91 Å². The highest BCUT2D eigenvalue weighted by Crippen LogP contribution is 2.26. The minimum atomic E-state index is 0.0850. The Kier molecular flexibility index (Phi) is 7.12. The number of nitrogens with one attached hydrogen (secondary N) is 2. The molecule has 25 heavy (non-hydrogen) atoms. The van der Waals surface area contributed by atoms with E-state index in [1.807, 2.05) is 18.2 Å². The molecule has 0 aromatic heterocycles. The van der Waals surface area contributed by atoms with Gasteiger partial charge in [0.25, 0.3) is 0 Å². The molecule has 1 saturated heterocycles. The van der Waals surface area contributed by atoms with Gasteiger partial charge in [0.1, 0.15) is 0 Å². The smallest absolute Gasteiger partial charge is 0.225 e. The molecule has 0 unspecified atom stereocenters. The quantitative estimate of drug-likeness (QED) is 0.778. The summed E-state index contributed by atoms with van der Waals surface area (Å²) < 4.78 is 5.42. The van der Waals surface area contributed by atoms with Gasteiger partial charge in [-0.1, -0.05) is 37.8 Å².